The highest BCUT2D eigenvalue weighted by Crippen LogP contribution is 2.38. The predicted octanol–water partition coefficient (Wildman–Crippen LogP) is 1.74. The molecule has 0 radical (unpaired) electrons. The van der Waals surface area contributed by atoms with Crippen LogP contribution in [0.1, 0.15) is 18.9 Å². The number of amidine groups is 1. The lowest BCUT2D eigenvalue weighted by Gasteiger charge is -2.24. The molecule has 5 nitrogen and oxygen atoms in total. The summed E-state index contributed by atoms with van der Waals surface area (Å²) >= 11 is 1.45. The van der Waals surface area contributed by atoms with Crippen molar-refractivity contribution in [2.24, 2.45) is 4.99 Å². The summed E-state index contributed by atoms with van der Waals surface area (Å²) in [4.78, 5) is 17.9. The molecule has 0 bridgehead atoms. The van der Waals surface area contributed by atoms with Crippen LogP contribution in [0, 0.1) is 0 Å². The monoisotopic (exact) mass is 352 g/mol. The summed E-state index contributed by atoms with van der Waals surface area (Å²) in [5, 5.41) is 0.692. The lowest BCUT2D eigenvalue weighted by atomic mass is 10.1. The van der Waals surface area contributed by atoms with E-state index >= 15 is 0 Å². The minimum absolute atomic E-state index is 0.000760. The van der Waals surface area contributed by atoms with Gasteiger partial charge in [0.05, 0.1) is 17.5 Å². The first-order valence-corrected chi connectivity index (χ1v) is 10.5. The topological polar surface area (TPSA) is 66.8 Å². The van der Waals surface area contributed by atoms with E-state index in [9.17, 15) is 13.2 Å². The molecule has 2 aliphatic rings. The van der Waals surface area contributed by atoms with Gasteiger partial charge in [0.2, 0.25) is 5.91 Å². The van der Waals surface area contributed by atoms with Gasteiger partial charge in [0.25, 0.3) is 0 Å². The Labute approximate surface area is 141 Å². The van der Waals surface area contributed by atoms with Gasteiger partial charge in [0, 0.05) is 18.2 Å². The van der Waals surface area contributed by atoms with Gasteiger partial charge < -0.3 is 4.90 Å². The minimum atomic E-state index is -2.98. The van der Waals surface area contributed by atoms with Crippen molar-refractivity contribution < 1.29 is 13.2 Å². The third-order valence-electron chi connectivity index (χ3n) is 4.18. The smallest absolute Gasteiger partial charge is 0.247 e. The normalized spacial score (nSPS) is 27.3. The lowest BCUT2D eigenvalue weighted by Crippen LogP contribution is -2.39. The van der Waals surface area contributed by atoms with Crippen molar-refractivity contribution in [2.75, 3.05) is 18.1 Å². The van der Waals surface area contributed by atoms with E-state index in [2.05, 4.69) is 17.1 Å². The third-order valence-corrected chi connectivity index (χ3v) is 7.43. The van der Waals surface area contributed by atoms with Crippen molar-refractivity contribution in [1.29, 1.82) is 0 Å². The molecule has 1 aromatic carbocycles. The van der Waals surface area contributed by atoms with Crippen molar-refractivity contribution in [3.8, 4) is 0 Å². The summed E-state index contributed by atoms with van der Waals surface area (Å²) in [6.07, 6.45) is 1.17. The maximum atomic E-state index is 11.9. The van der Waals surface area contributed by atoms with Crippen LogP contribution in [0.5, 0.6) is 0 Å². The number of sulfone groups is 1. The molecule has 2 fully saturated rings. The van der Waals surface area contributed by atoms with Gasteiger partial charge in [-0.3, -0.25) is 4.79 Å². The molecule has 0 saturated carbocycles. The van der Waals surface area contributed by atoms with Crippen LogP contribution in [0.3, 0.4) is 0 Å². The number of carbonyl (C=O) groups is 1. The third kappa shape index (κ3) is 3.77. The second kappa shape index (κ2) is 6.65. The zero-order chi connectivity index (χ0) is 16.4. The number of nitrogens with zero attached hydrogens (tertiary/aromatic N) is 2. The molecule has 2 aliphatic heterocycles. The molecule has 23 heavy (non-hydrogen) atoms. The van der Waals surface area contributed by atoms with Crippen LogP contribution in [-0.2, 0) is 21.1 Å². The summed E-state index contributed by atoms with van der Waals surface area (Å²) in [6, 6.07) is 10.0. The molecule has 2 unspecified atom stereocenters. The first-order valence-electron chi connectivity index (χ1n) is 7.77. The van der Waals surface area contributed by atoms with Gasteiger partial charge in [-0.1, -0.05) is 49.0 Å². The fourth-order valence-corrected chi connectivity index (χ4v) is 6.97. The van der Waals surface area contributed by atoms with Gasteiger partial charge in [-0.15, -0.1) is 0 Å². The largest absolute Gasteiger partial charge is 0.346 e. The predicted molar refractivity (Wildman–Crippen MR) is 93.4 cm³/mol. The van der Waals surface area contributed by atoms with Gasteiger partial charge in [0.15, 0.2) is 15.0 Å². The van der Waals surface area contributed by atoms with Crippen LogP contribution in [-0.4, -0.2) is 53.7 Å². The SMILES string of the molecule is CCC(=O)N=C1SC2CS(=O)(=O)CC2N1CCc1ccccc1. The number of rotatable bonds is 4. The van der Waals surface area contributed by atoms with Gasteiger partial charge >= 0.3 is 0 Å². The number of benzene rings is 1. The number of hydrogen-bond donors (Lipinski definition) is 0. The first kappa shape index (κ1) is 16.5. The summed E-state index contributed by atoms with van der Waals surface area (Å²) in [5.41, 5.74) is 1.20. The van der Waals surface area contributed by atoms with Crippen molar-refractivity contribution in [3.05, 3.63) is 35.9 Å². The number of thioether (sulfide) groups is 1. The lowest BCUT2D eigenvalue weighted by molar-refractivity contribution is -0.117. The van der Waals surface area contributed by atoms with Crippen LogP contribution in [0.25, 0.3) is 0 Å². The fraction of sp³-hybridized carbons (Fsp3) is 0.500. The Hall–Kier alpha value is -1.34. The van der Waals surface area contributed by atoms with E-state index < -0.39 is 9.84 Å². The van der Waals surface area contributed by atoms with E-state index in [1.165, 1.54) is 17.3 Å². The molecule has 1 aromatic rings. The van der Waals surface area contributed by atoms with Crippen LogP contribution in [0.15, 0.2) is 35.3 Å². The first-order chi connectivity index (χ1) is 11.0. The van der Waals surface area contributed by atoms with Crippen LogP contribution in [0.4, 0.5) is 0 Å². The molecule has 7 heteroatoms. The van der Waals surface area contributed by atoms with Crippen molar-refractivity contribution in [3.63, 3.8) is 0 Å². The van der Waals surface area contributed by atoms with Crippen molar-refractivity contribution in [2.45, 2.75) is 31.1 Å². The molecular weight excluding hydrogens is 332 g/mol. The average molecular weight is 352 g/mol. The van der Waals surface area contributed by atoms with E-state index in [0.717, 1.165) is 6.42 Å². The second-order valence-electron chi connectivity index (χ2n) is 5.87. The van der Waals surface area contributed by atoms with Crippen LogP contribution in [0.2, 0.25) is 0 Å². The molecule has 124 valence electrons. The number of aliphatic imine (C=N–C) groups is 1. The molecule has 2 saturated heterocycles. The quantitative estimate of drug-likeness (QED) is 0.826. The molecule has 0 aromatic heterocycles. The highest BCUT2D eigenvalue weighted by molar-refractivity contribution is 8.15. The molecule has 1 amide bonds. The number of carbonyl (C=O) groups excluding carboxylic acids is 1. The average Bonchev–Trinajstić information content (AvgIpc) is 2.97. The Morgan fingerprint density at radius 1 is 1.30 bits per heavy atom. The molecule has 2 heterocycles. The van der Waals surface area contributed by atoms with Crippen LogP contribution >= 0.6 is 11.8 Å². The Bertz CT molecular complexity index is 716. The van der Waals surface area contributed by atoms with Gasteiger partial charge in [-0.05, 0) is 12.0 Å². The molecule has 2 atom stereocenters. The highest BCUT2D eigenvalue weighted by atomic mass is 32.2. The standard InChI is InChI=1S/C16H20N2O3S2/c1-2-15(19)17-16-18(9-8-12-6-4-3-5-7-12)13-10-23(20,21)11-14(13)22-16/h3-7,13-14H,2,8-11H2,1H3. The number of fused-ring (bicyclic) bond motifs is 1. The fourth-order valence-electron chi connectivity index (χ4n) is 2.98. The van der Waals surface area contributed by atoms with Crippen molar-refractivity contribution in [1.82, 2.24) is 4.90 Å². The van der Waals surface area contributed by atoms with E-state index in [4.69, 9.17) is 0 Å². The zero-order valence-electron chi connectivity index (χ0n) is 13.0. The Balaban J connectivity index is 1.79. The molecular formula is C16H20N2O3S2. The van der Waals surface area contributed by atoms with E-state index in [0.29, 0.717) is 18.1 Å². The summed E-state index contributed by atoms with van der Waals surface area (Å²) in [6.45, 7) is 2.47. The summed E-state index contributed by atoms with van der Waals surface area (Å²) in [5.74, 6) is 0.197. The van der Waals surface area contributed by atoms with Gasteiger partial charge in [0.1, 0.15) is 0 Å². The molecule has 3 rings (SSSR count). The van der Waals surface area contributed by atoms with E-state index in [-0.39, 0.29) is 28.7 Å². The van der Waals surface area contributed by atoms with Crippen LogP contribution < -0.4 is 0 Å². The van der Waals surface area contributed by atoms with Gasteiger partial charge in [-0.2, -0.15) is 4.99 Å². The summed E-state index contributed by atoms with van der Waals surface area (Å²) in [7, 11) is -2.98. The second-order valence-corrected chi connectivity index (χ2v) is 9.23. The number of hydrogen-bond acceptors (Lipinski definition) is 4. The molecule has 0 aliphatic carbocycles. The van der Waals surface area contributed by atoms with Crippen molar-refractivity contribution >= 4 is 32.7 Å². The maximum Gasteiger partial charge on any atom is 0.247 e. The molecule has 0 N–H and O–H groups in total. The molecule has 0 spiro atoms. The van der Waals surface area contributed by atoms with E-state index in [1.807, 2.05) is 23.1 Å². The Kier molecular flexibility index (Phi) is 4.77. The Morgan fingerprint density at radius 3 is 2.74 bits per heavy atom. The zero-order valence-corrected chi connectivity index (χ0v) is 14.6. The maximum absolute atomic E-state index is 11.9. The van der Waals surface area contributed by atoms with E-state index in [1.54, 1.807) is 6.92 Å². The Morgan fingerprint density at radius 2 is 2.04 bits per heavy atom. The highest BCUT2D eigenvalue weighted by Gasteiger charge is 2.48. The van der Waals surface area contributed by atoms with Gasteiger partial charge in [-0.25, -0.2) is 8.42 Å². The number of amides is 1. The summed E-state index contributed by atoms with van der Waals surface area (Å²) < 4.78 is 23.8. The minimum Gasteiger partial charge on any atom is -0.346 e.